The van der Waals surface area contributed by atoms with Crippen LogP contribution in [0.25, 0.3) is 11.5 Å². The molecule has 2 aromatic carbocycles. The summed E-state index contributed by atoms with van der Waals surface area (Å²) in [6.07, 6.45) is -4.99. The van der Waals surface area contributed by atoms with Crippen molar-refractivity contribution in [1.82, 2.24) is 15.1 Å². The van der Waals surface area contributed by atoms with Crippen LogP contribution in [-0.2, 0) is 9.53 Å². The van der Waals surface area contributed by atoms with Crippen molar-refractivity contribution in [1.29, 1.82) is 0 Å². The number of ether oxygens (including phenoxy) is 2. The second kappa shape index (κ2) is 10.5. The molecule has 1 aliphatic heterocycles. The van der Waals surface area contributed by atoms with Crippen LogP contribution < -0.4 is 15.4 Å². The van der Waals surface area contributed by atoms with Crippen molar-refractivity contribution in [3.8, 4) is 17.2 Å². The van der Waals surface area contributed by atoms with Gasteiger partial charge in [0.1, 0.15) is 0 Å². The minimum atomic E-state index is -4.99. The molecule has 0 unspecified atom stereocenters. The first kappa shape index (κ1) is 24.2. The molecule has 3 aromatic rings. The van der Waals surface area contributed by atoms with Crippen molar-refractivity contribution in [3.63, 3.8) is 0 Å². The molecule has 4 rings (SSSR count). The first-order valence-corrected chi connectivity index (χ1v) is 10.5. The number of nitrogens with one attached hydrogen (secondary N) is 2. The van der Waals surface area contributed by atoms with Crippen LogP contribution in [-0.4, -0.2) is 66.1 Å². The van der Waals surface area contributed by atoms with E-state index < -0.39 is 23.9 Å². The third kappa shape index (κ3) is 6.77. The Bertz CT molecular complexity index is 1180. The van der Waals surface area contributed by atoms with Crippen LogP contribution in [0, 0.1) is 0 Å². The van der Waals surface area contributed by atoms with Gasteiger partial charge < -0.3 is 19.2 Å². The van der Waals surface area contributed by atoms with E-state index in [1.54, 1.807) is 29.2 Å². The van der Waals surface area contributed by atoms with Crippen LogP contribution in [0.4, 0.5) is 24.9 Å². The Labute approximate surface area is 197 Å². The standard InChI is InChI=1S/C22H20F3N5O5/c23-22(24,25)35-17-7-6-15(12-16(17)26-18(31)13-30-8-10-33-11-9-30)19(32)27-21-29-28-20(34-21)14-4-2-1-3-5-14/h1-7,12H,8-11,13H2,(H,26,31)(H,27,29,32). The van der Waals surface area contributed by atoms with Crippen molar-refractivity contribution in [3.05, 3.63) is 54.1 Å². The maximum absolute atomic E-state index is 12.9. The zero-order chi connectivity index (χ0) is 24.8. The molecule has 0 aliphatic carbocycles. The first-order chi connectivity index (χ1) is 16.8. The zero-order valence-electron chi connectivity index (χ0n) is 18.2. The SMILES string of the molecule is O=C(CN1CCOCC1)Nc1cc(C(=O)Nc2nnc(-c3ccccc3)o2)ccc1OC(F)(F)F. The summed E-state index contributed by atoms with van der Waals surface area (Å²) in [5.74, 6) is -1.80. The van der Waals surface area contributed by atoms with Gasteiger partial charge in [0.25, 0.3) is 5.91 Å². The second-order valence-electron chi connectivity index (χ2n) is 7.43. The molecule has 0 bridgehead atoms. The zero-order valence-corrected chi connectivity index (χ0v) is 18.2. The number of anilines is 2. The van der Waals surface area contributed by atoms with Crippen molar-refractivity contribution < 1.29 is 36.7 Å². The van der Waals surface area contributed by atoms with Crippen LogP contribution in [0.5, 0.6) is 5.75 Å². The molecule has 184 valence electrons. The fraction of sp³-hybridized carbons (Fsp3) is 0.273. The number of hydrogen-bond donors (Lipinski definition) is 2. The summed E-state index contributed by atoms with van der Waals surface area (Å²) < 4.78 is 53.2. The van der Waals surface area contributed by atoms with Gasteiger partial charge in [-0.2, -0.15) is 0 Å². The molecule has 10 nitrogen and oxygen atoms in total. The molecule has 1 aromatic heterocycles. The number of hydrogen-bond acceptors (Lipinski definition) is 8. The van der Waals surface area contributed by atoms with E-state index in [9.17, 15) is 22.8 Å². The number of alkyl halides is 3. The highest BCUT2D eigenvalue weighted by atomic mass is 19.4. The topological polar surface area (TPSA) is 119 Å². The summed E-state index contributed by atoms with van der Waals surface area (Å²) >= 11 is 0. The molecule has 0 spiro atoms. The number of carbonyl (C=O) groups excluding carboxylic acids is 2. The maximum Gasteiger partial charge on any atom is 0.573 e. The van der Waals surface area contributed by atoms with Gasteiger partial charge in [0.2, 0.25) is 11.8 Å². The summed E-state index contributed by atoms with van der Waals surface area (Å²) in [4.78, 5) is 26.9. The van der Waals surface area contributed by atoms with E-state index in [0.29, 0.717) is 31.9 Å². The van der Waals surface area contributed by atoms with E-state index in [4.69, 9.17) is 9.15 Å². The molecule has 35 heavy (non-hydrogen) atoms. The van der Waals surface area contributed by atoms with E-state index in [1.807, 2.05) is 6.07 Å². The predicted molar refractivity (Wildman–Crippen MR) is 117 cm³/mol. The summed E-state index contributed by atoms with van der Waals surface area (Å²) in [6.45, 7) is 1.86. The van der Waals surface area contributed by atoms with Crippen molar-refractivity contribution >= 4 is 23.5 Å². The molecular formula is C22H20F3N5O5. The van der Waals surface area contributed by atoms with Gasteiger partial charge in [-0.1, -0.05) is 23.3 Å². The van der Waals surface area contributed by atoms with Crippen LogP contribution in [0.3, 0.4) is 0 Å². The van der Waals surface area contributed by atoms with Gasteiger partial charge in [-0.05, 0) is 30.3 Å². The Morgan fingerprint density at radius 3 is 2.49 bits per heavy atom. The highest BCUT2D eigenvalue weighted by Gasteiger charge is 2.32. The minimum Gasteiger partial charge on any atom is -0.404 e. The Balaban J connectivity index is 1.49. The quantitative estimate of drug-likeness (QED) is 0.518. The fourth-order valence-corrected chi connectivity index (χ4v) is 3.28. The number of amides is 2. The molecule has 0 radical (unpaired) electrons. The normalized spacial score (nSPS) is 14.4. The Kier molecular flexibility index (Phi) is 7.27. The van der Waals surface area contributed by atoms with Gasteiger partial charge in [0.15, 0.2) is 5.75 Å². The summed E-state index contributed by atoms with van der Waals surface area (Å²) in [5.41, 5.74) is 0.254. The van der Waals surface area contributed by atoms with Gasteiger partial charge in [-0.25, -0.2) is 0 Å². The largest absolute Gasteiger partial charge is 0.573 e. The van der Waals surface area contributed by atoms with Crippen molar-refractivity contribution in [2.24, 2.45) is 0 Å². The number of carbonyl (C=O) groups is 2. The number of rotatable bonds is 7. The fourth-order valence-electron chi connectivity index (χ4n) is 3.28. The number of aromatic nitrogens is 2. The van der Waals surface area contributed by atoms with Crippen molar-refractivity contribution in [2.45, 2.75) is 6.36 Å². The Morgan fingerprint density at radius 1 is 1.03 bits per heavy atom. The summed E-state index contributed by atoms with van der Waals surface area (Å²) in [6, 6.07) is 11.8. The van der Waals surface area contributed by atoms with E-state index in [1.165, 1.54) is 0 Å². The van der Waals surface area contributed by atoms with E-state index in [-0.39, 0.29) is 29.7 Å². The van der Waals surface area contributed by atoms with Crippen LogP contribution in [0.15, 0.2) is 52.9 Å². The van der Waals surface area contributed by atoms with E-state index in [2.05, 4.69) is 25.6 Å². The molecule has 1 aliphatic rings. The Morgan fingerprint density at radius 2 is 1.77 bits per heavy atom. The molecule has 2 heterocycles. The third-order valence-corrected chi connectivity index (χ3v) is 4.88. The molecular weight excluding hydrogens is 471 g/mol. The van der Waals surface area contributed by atoms with Gasteiger partial charge >= 0.3 is 12.4 Å². The predicted octanol–water partition coefficient (Wildman–Crippen LogP) is 3.16. The molecule has 0 atom stereocenters. The lowest BCUT2D eigenvalue weighted by atomic mass is 10.1. The first-order valence-electron chi connectivity index (χ1n) is 10.5. The molecule has 0 saturated carbocycles. The maximum atomic E-state index is 12.9. The third-order valence-electron chi connectivity index (χ3n) is 4.88. The van der Waals surface area contributed by atoms with Crippen LogP contribution >= 0.6 is 0 Å². The smallest absolute Gasteiger partial charge is 0.404 e. The van der Waals surface area contributed by atoms with Gasteiger partial charge in [0, 0.05) is 24.2 Å². The molecule has 2 amide bonds. The molecule has 1 saturated heterocycles. The minimum absolute atomic E-state index is 0.0600. The molecule has 13 heteroatoms. The lowest BCUT2D eigenvalue weighted by molar-refractivity contribution is -0.274. The average molecular weight is 491 g/mol. The van der Waals surface area contributed by atoms with Gasteiger partial charge in [0.05, 0.1) is 25.4 Å². The number of nitrogens with zero attached hydrogens (tertiary/aromatic N) is 3. The van der Waals surface area contributed by atoms with Crippen molar-refractivity contribution in [2.75, 3.05) is 43.5 Å². The van der Waals surface area contributed by atoms with E-state index >= 15 is 0 Å². The van der Waals surface area contributed by atoms with Gasteiger partial charge in [-0.3, -0.25) is 19.8 Å². The Hall–Kier alpha value is -3.97. The van der Waals surface area contributed by atoms with Crippen LogP contribution in [0.2, 0.25) is 0 Å². The number of morpholine rings is 1. The summed E-state index contributed by atoms with van der Waals surface area (Å²) in [5, 5.41) is 12.4. The monoisotopic (exact) mass is 491 g/mol. The lowest BCUT2D eigenvalue weighted by Crippen LogP contribution is -2.41. The highest BCUT2D eigenvalue weighted by molar-refractivity contribution is 6.05. The number of halogens is 3. The van der Waals surface area contributed by atoms with E-state index in [0.717, 1.165) is 18.2 Å². The average Bonchev–Trinajstić information content (AvgIpc) is 3.29. The second-order valence-corrected chi connectivity index (χ2v) is 7.43. The number of benzene rings is 2. The molecule has 2 N–H and O–H groups in total. The molecule has 1 fully saturated rings. The summed E-state index contributed by atoms with van der Waals surface area (Å²) in [7, 11) is 0. The lowest BCUT2D eigenvalue weighted by Gasteiger charge is -2.26. The highest BCUT2D eigenvalue weighted by Crippen LogP contribution is 2.31. The van der Waals surface area contributed by atoms with Crippen LogP contribution in [0.1, 0.15) is 10.4 Å². The van der Waals surface area contributed by atoms with Gasteiger partial charge in [-0.15, -0.1) is 18.3 Å².